The van der Waals surface area contributed by atoms with Gasteiger partial charge in [0, 0.05) is 97.4 Å². The van der Waals surface area contributed by atoms with Crippen molar-refractivity contribution in [2.24, 2.45) is 20.4 Å². The number of benzene rings is 5. The van der Waals surface area contributed by atoms with Crippen LogP contribution in [0.3, 0.4) is 0 Å². The summed E-state index contributed by atoms with van der Waals surface area (Å²) in [5, 5.41) is 29.4. The van der Waals surface area contributed by atoms with Crippen LogP contribution >= 0.6 is 11.6 Å². The molecule has 4 aliphatic rings. The standard InChI is InChI=1S/C22H22ClFN6O2.2C22H21F4N7O.C20H20FN7O/c1-31-20-12-18(27-17-4-2-3-16(23)11-17)6-5-15(20)13-26-29-22-25-14-19(24)21(28-22)30-7-9-32-10-8-30;1-14-9-17(30-16-4-2-3-15(10-16)22(24,25)26)11-27-19(14)13-29-32-21-28-12-18(23)20(31-21)33-5-7-34-8-6-33;1-14-19(23)20(33-7-9-34-10-8-33)31-21(29-14)32-28-13-17-5-6-18(12-27-17)30-16-4-2-3-15(11-16)22(24,25)26;21-18-14-23-20(26-19(18)28-8-10-29-11-9-28)27-24-13-16-6-7-17(12-22-16)25-15-4-2-1-3-5-15/h2-6,11-14,27H,7-10H2,1H3,(H,25,28,29);2-4,9-13,30H,5-8H2,1H3,(H,28,31,32);2-6,11-13,30H,7-10H2,1H3,(H,29,31,32);1-7,12-14,25H,8-11H2,(H,23,26,27)/b26-13+;29-13+;28-13+;24-13+. The van der Waals surface area contributed by atoms with E-state index >= 15 is 0 Å². The first-order valence-corrected chi connectivity index (χ1v) is 40.3. The lowest BCUT2D eigenvalue weighted by atomic mass is 10.1. The monoisotopic (exact) mass is 1800 g/mol. The first-order chi connectivity index (χ1) is 62.5. The van der Waals surface area contributed by atoms with Crippen molar-refractivity contribution >= 4 is 129 Å². The molecule has 4 aliphatic heterocycles. The highest BCUT2D eigenvalue weighted by Crippen LogP contribution is 2.35. The van der Waals surface area contributed by atoms with Crippen molar-refractivity contribution < 1.29 is 67.6 Å². The molecule has 11 heterocycles. The Bertz CT molecular complexity index is 5820. The highest BCUT2D eigenvalue weighted by molar-refractivity contribution is 6.30. The minimum absolute atomic E-state index is 0.125. The molecule has 0 atom stereocenters. The number of aryl methyl sites for hydroxylation is 2. The van der Waals surface area contributed by atoms with Gasteiger partial charge in [0.05, 0.1) is 173 Å². The molecule has 0 saturated carbocycles. The van der Waals surface area contributed by atoms with E-state index in [9.17, 15) is 43.9 Å². The molecule has 4 saturated heterocycles. The van der Waals surface area contributed by atoms with Crippen LogP contribution < -0.4 is 67.3 Å². The number of halogens is 11. The van der Waals surface area contributed by atoms with E-state index in [1.165, 1.54) is 49.1 Å². The Labute approximate surface area is 737 Å². The van der Waals surface area contributed by atoms with Gasteiger partial charge in [-0.05, 0) is 129 Å². The summed E-state index contributed by atoms with van der Waals surface area (Å²) in [7, 11) is 1.58. The van der Waals surface area contributed by atoms with E-state index < -0.39 is 46.7 Å². The summed E-state index contributed by atoms with van der Waals surface area (Å²) in [4.78, 5) is 52.8. The maximum absolute atomic E-state index is 14.5. The van der Waals surface area contributed by atoms with Gasteiger partial charge in [-0.25, -0.2) is 59.2 Å². The lowest BCUT2D eigenvalue weighted by molar-refractivity contribution is -0.138. The number of hydrogen-bond donors (Lipinski definition) is 8. The molecule has 4 fully saturated rings. The predicted molar refractivity (Wildman–Crippen MR) is 474 cm³/mol. The number of methoxy groups -OCH3 is 1. The molecule has 0 spiro atoms. The zero-order valence-corrected chi connectivity index (χ0v) is 70.0. The molecule has 32 nitrogen and oxygen atoms in total. The fourth-order valence-electron chi connectivity index (χ4n) is 12.5. The predicted octanol–water partition coefficient (Wildman–Crippen LogP) is 16.1. The largest absolute Gasteiger partial charge is 0.496 e. The molecule has 7 aromatic heterocycles. The lowest BCUT2D eigenvalue weighted by Gasteiger charge is -2.28. The van der Waals surface area contributed by atoms with E-state index in [1.54, 1.807) is 67.6 Å². The molecule has 0 aliphatic carbocycles. The summed E-state index contributed by atoms with van der Waals surface area (Å²) in [6, 6.07) is 41.5. The van der Waals surface area contributed by atoms with Crippen LogP contribution in [0, 0.1) is 37.1 Å². The third-order valence-corrected chi connectivity index (χ3v) is 19.2. The number of aromatic nitrogens is 11. The number of alkyl halides is 6. The van der Waals surface area contributed by atoms with Crippen molar-refractivity contribution in [2.75, 3.05) is 175 Å². The van der Waals surface area contributed by atoms with E-state index in [4.69, 9.17) is 35.3 Å². The van der Waals surface area contributed by atoms with Gasteiger partial charge in [0.15, 0.2) is 46.5 Å². The third-order valence-electron chi connectivity index (χ3n) is 18.9. The molecule has 0 amide bonds. The summed E-state index contributed by atoms with van der Waals surface area (Å²) < 4.78 is 161. The van der Waals surface area contributed by atoms with Gasteiger partial charge in [-0.15, -0.1) is 0 Å². The van der Waals surface area contributed by atoms with Crippen molar-refractivity contribution in [2.45, 2.75) is 26.2 Å². The van der Waals surface area contributed by atoms with Gasteiger partial charge in [0.25, 0.3) is 0 Å². The van der Waals surface area contributed by atoms with E-state index in [-0.39, 0.29) is 52.8 Å². The summed E-state index contributed by atoms with van der Waals surface area (Å²) >= 11 is 6.04. The number of rotatable bonds is 25. The Kier molecular flexibility index (Phi) is 32.1. The molecule has 0 radical (unpaired) electrons. The Hall–Kier alpha value is -14.6. The number of morpholine rings is 4. The molecular weight excluding hydrogens is 1720 g/mol. The number of nitrogens with zero attached hydrogens (tertiary/aromatic N) is 19. The van der Waals surface area contributed by atoms with Crippen LogP contribution in [0.25, 0.3) is 0 Å². The van der Waals surface area contributed by atoms with Gasteiger partial charge in [0.1, 0.15) is 5.75 Å². The maximum Gasteiger partial charge on any atom is 0.416 e. The van der Waals surface area contributed by atoms with Crippen molar-refractivity contribution in [1.29, 1.82) is 0 Å². The van der Waals surface area contributed by atoms with E-state index in [1.807, 2.05) is 94.7 Å². The second-order valence-corrected chi connectivity index (χ2v) is 28.5. The SMILES string of the molecule is COc1cc(Nc2cccc(Cl)c2)ccc1/C=N/Nc1ncc(F)c(N2CCOCC2)n1.Cc1cc(Nc2cccc(C(F)(F)F)c2)cnc1/C=N/Nc1ncc(F)c(N2CCOCC2)n1.Cc1nc(N/N=C/c2ccc(Nc3cccc(C(F)(F)F)c3)cn2)nc(N2CCOCC2)c1F.Fc1cnc(N/N=C/c2ccc(Nc3ccccc3)cn2)nc1N1CCOCC1. The molecule has 43 heteroatoms. The van der Waals surface area contributed by atoms with Crippen molar-refractivity contribution in [3.05, 3.63) is 262 Å². The van der Waals surface area contributed by atoms with E-state index in [2.05, 4.69) is 118 Å². The molecule has 12 aromatic rings. The molecule has 129 heavy (non-hydrogen) atoms. The number of pyridine rings is 3. The van der Waals surface area contributed by atoms with Gasteiger partial charge in [-0.2, -0.15) is 66.7 Å². The lowest BCUT2D eigenvalue weighted by Crippen LogP contribution is -2.37. The highest BCUT2D eigenvalue weighted by Gasteiger charge is 2.32. The van der Waals surface area contributed by atoms with Gasteiger partial charge in [0.2, 0.25) is 23.8 Å². The minimum Gasteiger partial charge on any atom is -0.496 e. The zero-order valence-electron chi connectivity index (χ0n) is 69.2. The first kappa shape index (κ1) is 92.1. The van der Waals surface area contributed by atoms with Gasteiger partial charge in [-0.3, -0.25) is 15.0 Å². The summed E-state index contributed by atoms with van der Waals surface area (Å²) in [6.07, 6.45) is 5.19. The highest BCUT2D eigenvalue weighted by atomic mass is 35.5. The number of anilines is 16. The molecule has 0 bridgehead atoms. The van der Waals surface area contributed by atoms with Gasteiger partial charge in [-0.1, -0.05) is 48.0 Å². The average molecular weight is 1800 g/mol. The topological polar surface area (TPSA) is 347 Å². The quantitative estimate of drug-likeness (QED) is 0.0150. The minimum atomic E-state index is -4.42. The first-order valence-electron chi connectivity index (χ1n) is 39.9. The zero-order chi connectivity index (χ0) is 90.5. The third kappa shape index (κ3) is 27.4. The van der Waals surface area contributed by atoms with Crippen LogP contribution in [0.5, 0.6) is 5.75 Å². The smallest absolute Gasteiger partial charge is 0.416 e. The van der Waals surface area contributed by atoms with Crippen LogP contribution in [-0.4, -0.2) is 192 Å². The Morgan fingerprint density at radius 2 is 0.760 bits per heavy atom. The fraction of sp³-hybridized carbons (Fsp3) is 0.244. The molecular formula is C86H84ClF10N27O5. The second kappa shape index (κ2) is 45.0. The Morgan fingerprint density at radius 1 is 0.372 bits per heavy atom. The van der Waals surface area contributed by atoms with Crippen LogP contribution in [0.2, 0.25) is 5.02 Å². The Morgan fingerprint density at radius 3 is 1.21 bits per heavy atom. The molecule has 8 N–H and O–H groups in total. The van der Waals surface area contributed by atoms with E-state index in [0.717, 1.165) is 76.7 Å². The number of para-hydroxylation sites is 1. The Balaban J connectivity index is 0.000000147. The van der Waals surface area contributed by atoms with Crippen LogP contribution in [0.4, 0.5) is 136 Å². The van der Waals surface area contributed by atoms with Gasteiger partial charge < -0.3 is 64.6 Å². The number of hydrazone groups is 4. The fourth-order valence-corrected chi connectivity index (χ4v) is 12.7. The molecule has 16 rings (SSSR count). The number of nitrogens with one attached hydrogen (secondary N) is 8. The van der Waals surface area contributed by atoms with Crippen molar-refractivity contribution in [3.8, 4) is 5.75 Å². The van der Waals surface area contributed by atoms with Crippen molar-refractivity contribution in [3.63, 3.8) is 0 Å². The van der Waals surface area contributed by atoms with Crippen LogP contribution in [-0.2, 0) is 31.3 Å². The second-order valence-electron chi connectivity index (χ2n) is 28.1. The summed E-state index contributed by atoms with van der Waals surface area (Å²) in [5.41, 5.74) is 17.9. The van der Waals surface area contributed by atoms with Crippen LogP contribution in [0.15, 0.2) is 209 Å². The van der Waals surface area contributed by atoms with Crippen molar-refractivity contribution in [1.82, 2.24) is 54.8 Å². The number of hydrogen-bond acceptors (Lipinski definition) is 32. The summed E-state index contributed by atoms with van der Waals surface area (Å²) in [5.74, 6) is 0.178. The molecule has 5 aromatic carbocycles. The number of ether oxygens (including phenoxy) is 5. The molecule has 0 unspecified atom stereocenters. The molecule has 670 valence electrons. The van der Waals surface area contributed by atoms with E-state index in [0.29, 0.717) is 156 Å². The van der Waals surface area contributed by atoms with Crippen LogP contribution in [0.1, 0.15) is 45.0 Å². The average Bonchev–Trinajstić information content (AvgIpc) is 0.811. The maximum atomic E-state index is 14.5. The van der Waals surface area contributed by atoms with Gasteiger partial charge >= 0.3 is 12.4 Å². The normalized spacial score (nSPS) is 14.2. The summed E-state index contributed by atoms with van der Waals surface area (Å²) in [6.45, 7) is 11.9.